The van der Waals surface area contributed by atoms with E-state index < -0.39 is 0 Å². The van der Waals surface area contributed by atoms with Gasteiger partial charge in [-0.05, 0) is 18.2 Å². The summed E-state index contributed by atoms with van der Waals surface area (Å²) in [5.41, 5.74) is 0. The number of benzene rings is 1. The van der Waals surface area contributed by atoms with Gasteiger partial charge in [-0.1, -0.05) is 35.3 Å². The Morgan fingerprint density at radius 1 is 1.41 bits per heavy atom. The Morgan fingerprint density at radius 3 is 2.86 bits per heavy atom. The lowest BCUT2D eigenvalue weighted by Crippen LogP contribution is -2.06. The fraction of sp³-hybridized carbons (Fsp3) is 0.357. The molecule has 0 saturated heterocycles. The molecular formula is C14H14Cl2N2O4. The van der Waals surface area contributed by atoms with Crippen LogP contribution in [0.3, 0.4) is 0 Å². The quantitative estimate of drug-likeness (QED) is 0.745. The molecule has 0 N–H and O–H groups in total. The van der Waals surface area contributed by atoms with Crippen LogP contribution in [0.5, 0.6) is 5.75 Å². The molecule has 2 rings (SSSR count). The number of aromatic nitrogens is 2. The minimum atomic E-state index is -0.337. The standard InChI is InChI=1S/C14H14Cl2N2O4/c1-8(5-13(19)20-2)14-17-12(18-22-14)7-21-11-4-3-9(15)6-10(11)16/h3-4,6,8H,5,7H2,1-2H3/t8-/m1/s1. The van der Waals surface area contributed by atoms with Crippen molar-refractivity contribution in [2.45, 2.75) is 25.9 Å². The molecule has 0 amide bonds. The molecule has 118 valence electrons. The zero-order valence-corrected chi connectivity index (χ0v) is 13.5. The molecule has 1 aromatic carbocycles. The van der Waals surface area contributed by atoms with Gasteiger partial charge in [0.05, 0.1) is 18.6 Å². The topological polar surface area (TPSA) is 74.5 Å². The molecule has 0 spiro atoms. The maximum Gasteiger partial charge on any atom is 0.306 e. The van der Waals surface area contributed by atoms with Crippen molar-refractivity contribution < 1.29 is 18.8 Å². The number of rotatable bonds is 6. The van der Waals surface area contributed by atoms with E-state index in [0.29, 0.717) is 27.5 Å². The Hall–Kier alpha value is -1.79. The van der Waals surface area contributed by atoms with Crippen molar-refractivity contribution in [3.8, 4) is 5.75 Å². The minimum absolute atomic E-state index is 0.0931. The molecule has 1 atom stereocenters. The Labute approximate surface area is 137 Å². The van der Waals surface area contributed by atoms with E-state index in [1.807, 2.05) is 0 Å². The number of hydrogen-bond acceptors (Lipinski definition) is 6. The number of halogens is 2. The second-order valence-corrected chi connectivity index (χ2v) is 5.44. The number of hydrogen-bond donors (Lipinski definition) is 0. The summed E-state index contributed by atoms with van der Waals surface area (Å²) in [5.74, 6) is 0.619. The van der Waals surface area contributed by atoms with Crippen molar-refractivity contribution >= 4 is 29.2 Å². The molecule has 0 fully saturated rings. The van der Waals surface area contributed by atoms with Gasteiger partial charge in [0, 0.05) is 10.9 Å². The van der Waals surface area contributed by atoms with Crippen molar-refractivity contribution in [1.82, 2.24) is 10.1 Å². The molecule has 0 radical (unpaired) electrons. The molecule has 0 saturated carbocycles. The van der Waals surface area contributed by atoms with Crippen LogP contribution in [-0.4, -0.2) is 23.2 Å². The van der Waals surface area contributed by atoms with Gasteiger partial charge >= 0.3 is 5.97 Å². The van der Waals surface area contributed by atoms with Crippen molar-refractivity contribution in [2.24, 2.45) is 0 Å². The molecule has 0 aliphatic heterocycles. The van der Waals surface area contributed by atoms with Crippen molar-refractivity contribution in [3.63, 3.8) is 0 Å². The minimum Gasteiger partial charge on any atom is -0.484 e. The molecule has 0 bridgehead atoms. The third-order valence-corrected chi connectivity index (χ3v) is 3.39. The van der Waals surface area contributed by atoms with Crippen LogP contribution in [0.4, 0.5) is 0 Å². The SMILES string of the molecule is COC(=O)C[C@@H](C)c1nc(COc2ccc(Cl)cc2Cl)no1. The first-order valence-corrected chi connectivity index (χ1v) is 7.22. The molecule has 8 heteroatoms. The van der Waals surface area contributed by atoms with Gasteiger partial charge in [-0.2, -0.15) is 4.98 Å². The molecule has 0 aliphatic carbocycles. The smallest absolute Gasteiger partial charge is 0.306 e. The summed E-state index contributed by atoms with van der Waals surface area (Å²) in [4.78, 5) is 15.4. The molecule has 2 aromatic rings. The summed E-state index contributed by atoms with van der Waals surface area (Å²) in [6, 6.07) is 4.91. The number of nitrogens with zero attached hydrogens (tertiary/aromatic N) is 2. The van der Waals surface area contributed by atoms with E-state index in [0.717, 1.165) is 0 Å². The summed E-state index contributed by atoms with van der Waals surface area (Å²) in [6.07, 6.45) is 0.169. The molecule has 22 heavy (non-hydrogen) atoms. The average Bonchev–Trinajstić information content (AvgIpc) is 2.95. The van der Waals surface area contributed by atoms with Crippen LogP contribution in [0.1, 0.15) is 31.0 Å². The Bertz CT molecular complexity index is 660. The highest BCUT2D eigenvalue weighted by Crippen LogP contribution is 2.28. The van der Waals surface area contributed by atoms with Gasteiger partial charge in [0.2, 0.25) is 11.7 Å². The third-order valence-electron chi connectivity index (χ3n) is 2.86. The first-order chi connectivity index (χ1) is 10.5. The monoisotopic (exact) mass is 344 g/mol. The highest BCUT2D eigenvalue weighted by molar-refractivity contribution is 6.35. The fourth-order valence-corrected chi connectivity index (χ4v) is 2.14. The molecule has 0 unspecified atom stereocenters. The lowest BCUT2D eigenvalue weighted by Gasteiger charge is -2.05. The van der Waals surface area contributed by atoms with Gasteiger partial charge < -0.3 is 14.0 Å². The van der Waals surface area contributed by atoms with Crippen LogP contribution in [0, 0.1) is 0 Å². The third kappa shape index (κ3) is 4.35. The number of methoxy groups -OCH3 is 1. The lowest BCUT2D eigenvalue weighted by molar-refractivity contribution is -0.141. The van der Waals surface area contributed by atoms with E-state index in [9.17, 15) is 4.79 Å². The van der Waals surface area contributed by atoms with Crippen LogP contribution in [-0.2, 0) is 16.1 Å². The zero-order valence-electron chi connectivity index (χ0n) is 12.0. The first kappa shape index (κ1) is 16.6. The summed E-state index contributed by atoms with van der Waals surface area (Å²) in [7, 11) is 1.33. The summed E-state index contributed by atoms with van der Waals surface area (Å²) >= 11 is 11.8. The van der Waals surface area contributed by atoms with E-state index in [2.05, 4.69) is 14.9 Å². The highest BCUT2D eigenvalue weighted by atomic mass is 35.5. The zero-order chi connectivity index (χ0) is 16.1. The van der Waals surface area contributed by atoms with Crippen LogP contribution >= 0.6 is 23.2 Å². The summed E-state index contributed by atoms with van der Waals surface area (Å²) < 4.78 is 15.2. The maximum absolute atomic E-state index is 11.2. The molecule has 6 nitrogen and oxygen atoms in total. The predicted molar refractivity (Wildman–Crippen MR) is 80.1 cm³/mol. The van der Waals surface area contributed by atoms with Crippen LogP contribution < -0.4 is 4.74 Å². The van der Waals surface area contributed by atoms with E-state index in [1.165, 1.54) is 7.11 Å². The molecule has 1 aromatic heterocycles. The normalized spacial score (nSPS) is 12.0. The lowest BCUT2D eigenvalue weighted by atomic mass is 10.1. The average molecular weight is 345 g/mol. The second-order valence-electron chi connectivity index (χ2n) is 4.59. The van der Waals surface area contributed by atoms with Gasteiger partial charge in [-0.25, -0.2) is 0 Å². The van der Waals surface area contributed by atoms with Gasteiger partial charge in [-0.15, -0.1) is 0 Å². The van der Waals surface area contributed by atoms with Gasteiger partial charge in [0.15, 0.2) is 6.61 Å². The van der Waals surface area contributed by atoms with E-state index in [4.69, 9.17) is 32.5 Å². The highest BCUT2D eigenvalue weighted by Gasteiger charge is 2.18. The summed E-state index contributed by atoms with van der Waals surface area (Å²) in [5, 5.41) is 4.72. The second kappa shape index (κ2) is 7.47. The number of ether oxygens (including phenoxy) is 2. The van der Waals surface area contributed by atoms with E-state index in [1.54, 1.807) is 25.1 Å². The maximum atomic E-state index is 11.2. The van der Waals surface area contributed by atoms with Gasteiger partial charge in [0.1, 0.15) is 5.75 Å². The number of esters is 1. The van der Waals surface area contributed by atoms with Crippen LogP contribution in [0.25, 0.3) is 0 Å². The largest absolute Gasteiger partial charge is 0.484 e. The summed E-state index contributed by atoms with van der Waals surface area (Å²) in [6.45, 7) is 1.89. The van der Waals surface area contributed by atoms with Gasteiger partial charge in [0.25, 0.3) is 0 Å². The number of carbonyl (C=O) groups excluding carboxylic acids is 1. The van der Waals surface area contributed by atoms with E-state index in [-0.39, 0.29) is 24.9 Å². The Balaban J connectivity index is 1.96. The Morgan fingerprint density at radius 2 is 2.18 bits per heavy atom. The van der Waals surface area contributed by atoms with Crippen LogP contribution in [0.15, 0.2) is 22.7 Å². The predicted octanol–water partition coefficient (Wildman–Crippen LogP) is 3.62. The Kier molecular flexibility index (Phi) is 5.63. The van der Waals surface area contributed by atoms with Gasteiger partial charge in [-0.3, -0.25) is 4.79 Å². The molecule has 0 aliphatic rings. The van der Waals surface area contributed by atoms with Crippen molar-refractivity contribution in [2.75, 3.05) is 7.11 Å². The van der Waals surface area contributed by atoms with Crippen molar-refractivity contribution in [1.29, 1.82) is 0 Å². The molecular weight excluding hydrogens is 331 g/mol. The number of carbonyl (C=O) groups is 1. The fourth-order valence-electron chi connectivity index (χ4n) is 1.68. The van der Waals surface area contributed by atoms with Crippen molar-refractivity contribution in [3.05, 3.63) is 40.0 Å². The van der Waals surface area contributed by atoms with E-state index >= 15 is 0 Å². The van der Waals surface area contributed by atoms with Crippen LogP contribution in [0.2, 0.25) is 10.0 Å². The molecule has 1 heterocycles. The first-order valence-electron chi connectivity index (χ1n) is 6.46.